The van der Waals surface area contributed by atoms with Crippen LogP contribution in [0.1, 0.15) is 5.69 Å². The average Bonchev–Trinajstić information content (AvgIpc) is 3.00. The van der Waals surface area contributed by atoms with Crippen LogP contribution in [0.3, 0.4) is 0 Å². The maximum absolute atomic E-state index is 6.27. The number of rotatable bonds is 4. The first kappa shape index (κ1) is 14.0. The summed E-state index contributed by atoms with van der Waals surface area (Å²) in [5.74, 6) is 0. The maximum Gasteiger partial charge on any atom is 0.138 e. The second kappa shape index (κ2) is 6.24. The van der Waals surface area contributed by atoms with Crippen molar-refractivity contribution in [1.29, 1.82) is 0 Å². The largest absolute Gasteiger partial charge is 0.378 e. The maximum atomic E-state index is 6.27. The van der Waals surface area contributed by atoms with E-state index in [-0.39, 0.29) is 0 Å². The lowest BCUT2D eigenvalue weighted by Gasteiger charge is -2.13. The van der Waals surface area contributed by atoms with Crippen molar-refractivity contribution in [3.63, 3.8) is 0 Å². The second-order valence-corrected chi connectivity index (χ2v) is 5.62. The molecule has 1 aromatic carbocycles. The van der Waals surface area contributed by atoms with Gasteiger partial charge in [0, 0.05) is 10.7 Å². The normalized spacial score (nSPS) is 10.6. The predicted octanol–water partition coefficient (Wildman–Crippen LogP) is 3.69. The molecular weight excluding hydrogens is 354 g/mol. The molecule has 21 heavy (non-hydrogen) atoms. The zero-order chi connectivity index (χ0) is 14.7. The van der Waals surface area contributed by atoms with Crippen LogP contribution in [0.2, 0.25) is 5.02 Å². The quantitative estimate of drug-likeness (QED) is 0.767. The van der Waals surface area contributed by atoms with Gasteiger partial charge >= 0.3 is 0 Å². The fourth-order valence-electron chi connectivity index (χ4n) is 1.91. The van der Waals surface area contributed by atoms with Crippen LogP contribution in [0.15, 0.2) is 53.7 Å². The van der Waals surface area contributed by atoms with Gasteiger partial charge in [-0.1, -0.05) is 17.7 Å². The molecule has 2 heterocycles. The van der Waals surface area contributed by atoms with Crippen LogP contribution in [0.5, 0.6) is 0 Å². The number of aromatic nitrogens is 4. The molecule has 3 rings (SSSR count). The third kappa shape index (κ3) is 3.22. The van der Waals surface area contributed by atoms with Crippen LogP contribution in [0, 0.1) is 0 Å². The van der Waals surface area contributed by atoms with E-state index in [2.05, 4.69) is 36.3 Å². The minimum atomic E-state index is 0.593. The number of benzene rings is 1. The summed E-state index contributed by atoms with van der Waals surface area (Å²) < 4.78 is 2.59. The molecule has 2 aromatic heterocycles. The number of anilines is 1. The molecule has 5 nitrogen and oxygen atoms in total. The molecule has 3 aromatic rings. The Balaban J connectivity index is 1.86. The smallest absolute Gasteiger partial charge is 0.138 e. The molecule has 0 aliphatic heterocycles. The van der Waals surface area contributed by atoms with Crippen molar-refractivity contribution >= 4 is 33.2 Å². The topological polar surface area (TPSA) is 55.6 Å². The van der Waals surface area contributed by atoms with E-state index in [4.69, 9.17) is 11.6 Å². The summed E-state index contributed by atoms with van der Waals surface area (Å²) in [6.45, 7) is 0.593. The van der Waals surface area contributed by atoms with Crippen LogP contribution < -0.4 is 5.32 Å². The molecule has 0 fully saturated rings. The Bertz CT molecular complexity index is 728. The third-order valence-electron chi connectivity index (χ3n) is 2.88. The first-order chi connectivity index (χ1) is 10.2. The van der Waals surface area contributed by atoms with E-state index in [9.17, 15) is 0 Å². The molecule has 0 bridgehead atoms. The van der Waals surface area contributed by atoms with E-state index in [0.717, 1.165) is 21.5 Å². The SMILES string of the molecule is Clc1cccc(NCc2ccc(Br)cn2)c1-n1cncn1. The number of halogens is 2. The highest BCUT2D eigenvalue weighted by Crippen LogP contribution is 2.28. The summed E-state index contributed by atoms with van der Waals surface area (Å²) in [7, 11) is 0. The molecule has 0 radical (unpaired) electrons. The molecular formula is C14H11BrClN5. The molecule has 0 unspecified atom stereocenters. The second-order valence-electron chi connectivity index (χ2n) is 4.30. The van der Waals surface area contributed by atoms with E-state index < -0.39 is 0 Å². The van der Waals surface area contributed by atoms with Gasteiger partial charge < -0.3 is 5.32 Å². The Hall–Kier alpha value is -1.92. The van der Waals surface area contributed by atoms with Gasteiger partial charge in [-0.3, -0.25) is 4.98 Å². The number of nitrogens with zero attached hydrogens (tertiary/aromatic N) is 4. The monoisotopic (exact) mass is 363 g/mol. The van der Waals surface area contributed by atoms with Gasteiger partial charge in [-0.2, -0.15) is 5.10 Å². The summed E-state index contributed by atoms with van der Waals surface area (Å²) in [5.41, 5.74) is 2.58. The molecule has 0 atom stereocenters. The van der Waals surface area contributed by atoms with E-state index in [1.54, 1.807) is 17.2 Å². The Kier molecular flexibility index (Phi) is 4.17. The number of hydrogen-bond acceptors (Lipinski definition) is 4. The van der Waals surface area contributed by atoms with Crippen LogP contribution >= 0.6 is 27.5 Å². The van der Waals surface area contributed by atoms with Crippen molar-refractivity contribution in [3.8, 4) is 5.69 Å². The number of nitrogens with one attached hydrogen (secondary N) is 1. The summed E-state index contributed by atoms with van der Waals surface area (Å²) in [5, 5.41) is 8.07. The fourth-order valence-corrected chi connectivity index (χ4v) is 2.41. The molecule has 0 saturated carbocycles. The van der Waals surface area contributed by atoms with Crippen LogP contribution in [0.4, 0.5) is 5.69 Å². The van der Waals surface area contributed by atoms with Crippen molar-refractivity contribution < 1.29 is 0 Å². The standard InChI is InChI=1S/C14H11BrClN5/c15-10-4-5-11(18-6-10)7-19-13-3-1-2-12(16)14(13)21-9-17-8-20-21/h1-6,8-9,19H,7H2. The van der Waals surface area contributed by atoms with E-state index in [1.165, 1.54) is 6.33 Å². The van der Waals surface area contributed by atoms with Crippen molar-refractivity contribution in [2.24, 2.45) is 0 Å². The van der Waals surface area contributed by atoms with E-state index in [1.807, 2.05) is 30.3 Å². The van der Waals surface area contributed by atoms with Gasteiger partial charge in [0.05, 0.1) is 22.9 Å². The molecule has 106 valence electrons. The minimum Gasteiger partial charge on any atom is -0.378 e. The van der Waals surface area contributed by atoms with Gasteiger partial charge in [0.15, 0.2) is 0 Å². The van der Waals surface area contributed by atoms with Crippen molar-refractivity contribution in [3.05, 3.63) is 64.4 Å². The Labute approximate surface area is 135 Å². The van der Waals surface area contributed by atoms with Gasteiger partial charge in [-0.25, -0.2) is 9.67 Å². The number of para-hydroxylation sites is 1. The highest BCUT2D eigenvalue weighted by atomic mass is 79.9. The zero-order valence-electron chi connectivity index (χ0n) is 10.9. The Morgan fingerprint density at radius 2 is 2.14 bits per heavy atom. The highest BCUT2D eigenvalue weighted by molar-refractivity contribution is 9.10. The minimum absolute atomic E-state index is 0.593. The first-order valence-electron chi connectivity index (χ1n) is 6.22. The van der Waals surface area contributed by atoms with Crippen molar-refractivity contribution in [1.82, 2.24) is 19.7 Å². The van der Waals surface area contributed by atoms with Crippen LogP contribution in [0.25, 0.3) is 5.69 Å². The summed E-state index contributed by atoms with van der Waals surface area (Å²) in [4.78, 5) is 8.29. The van der Waals surface area contributed by atoms with Gasteiger partial charge in [0.1, 0.15) is 18.3 Å². The average molecular weight is 365 g/mol. The number of pyridine rings is 1. The van der Waals surface area contributed by atoms with E-state index in [0.29, 0.717) is 11.6 Å². The molecule has 0 aliphatic rings. The first-order valence-corrected chi connectivity index (χ1v) is 7.39. The lowest BCUT2D eigenvalue weighted by atomic mass is 10.2. The van der Waals surface area contributed by atoms with Crippen LogP contribution in [-0.2, 0) is 6.54 Å². The summed E-state index contributed by atoms with van der Waals surface area (Å²) in [6.07, 6.45) is 4.86. The van der Waals surface area contributed by atoms with E-state index >= 15 is 0 Å². The number of hydrogen-bond donors (Lipinski definition) is 1. The molecule has 0 aliphatic carbocycles. The summed E-state index contributed by atoms with van der Waals surface area (Å²) >= 11 is 9.64. The van der Waals surface area contributed by atoms with Crippen molar-refractivity contribution in [2.45, 2.75) is 6.54 Å². The van der Waals surface area contributed by atoms with Crippen LogP contribution in [-0.4, -0.2) is 19.7 Å². The highest BCUT2D eigenvalue weighted by Gasteiger charge is 2.10. The molecule has 0 spiro atoms. The molecule has 7 heteroatoms. The lowest BCUT2D eigenvalue weighted by Crippen LogP contribution is -2.06. The molecule has 0 amide bonds. The predicted molar refractivity (Wildman–Crippen MR) is 85.6 cm³/mol. The zero-order valence-corrected chi connectivity index (χ0v) is 13.2. The van der Waals surface area contributed by atoms with Gasteiger partial charge in [0.2, 0.25) is 0 Å². The lowest BCUT2D eigenvalue weighted by molar-refractivity contribution is 0.877. The summed E-state index contributed by atoms with van der Waals surface area (Å²) in [6, 6.07) is 9.57. The molecule has 0 saturated heterocycles. The van der Waals surface area contributed by atoms with Crippen molar-refractivity contribution in [2.75, 3.05) is 5.32 Å². The van der Waals surface area contributed by atoms with Gasteiger partial charge in [-0.15, -0.1) is 0 Å². The van der Waals surface area contributed by atoms with Gasteiger partial charge in [0.25, 0.3) is 0 Å². The fraction of sp³-hybridized carbons (Fsp3) is 0.0714. The van der Waals surface area contributed by atoms with Gasteiger partial charge in [-0.05, 0) is 40.2 Å². The Morgan fingerprint density at radius 3 is 2.86 bits per heavy atom. The third-order valence-corrected chi connectivity index (χ3v) is 3.66. The molecule has 1 N–H and O–H groups in total. The Morgan fingerprint density at radius 1 is 1.24 bits per heavy atom.